The molecule has 0 spiro atoms. The Morgan fingerprint density at radius 1 is 1.57 bits per heavy atom. The molecule has 14 heavy (non-hydrogen) atoms. The minimum Gasteiger partial charge on any atom is -0.459 e. The highest BCUT2D eigenvalue weighted by Crippen LogP contribution is 2.17. The van der Waals surface area contributed by atoms with Gasteiger partial charge in [0.15, 0.2) is 0 Å². The van der Waals surface area contributed by atoms with E-state index in [9.17, 15) is 4.79 Å². The molecule has 1 aliphatic rings. The summed E-state index contributed by atoms with van der Waals surface area (Å²) in [5, 5.41) is 0. The average molecular weight is 201 g/mol. The molecule has 0 aromatic rings. The van der Waals surface area contributed by atoms with Gasteiger partial charge in [0.05, 0.1) is 6.10 Å². The maximum atomic E-state index is 11.5. The molecule has 82 valence electrons. The summed E-state index contributed by atoms with van der Waals surface area (Å²) in [7, 11) is 0. The first-order valence-corrected chi connectivity index (χ1v) is 5.00. The van der Waals surface area contributed by atoms with Crippen LogP contribution >= 0.6 is 0 Å². The van der Waals surface area contributed by atoms with E-state index in [2.05, 4.69) is 0 Å². The van der Waals surface area contributed by atoms with Crippen molar-refractivity contribution in [3.63, 3.8) is 0 Å². The Balaban J connectivity index is 2.43. The van der Waals surface area contributed by atoms with Crippen molar-refractivity contribution in [3.05, 3.63) is 0 Å². The third-order valence-corrected chi connectivity index (χ3v) is 2.04. The van der Waals surface area contributed by atoms with Gasteiger partial charge in [0.25, 0.3) is 0 Å². The maximum Gasteiger partial charge on any atom is 0.326 e. The normalized spacial score (nSPS) is 24.7. The van der Waals surface area contributed by atoms with E-state index in [-0.39, 0.29) is 12.1 Å². The number of hydrogen-bond acceptors (Lipinski definition) is 4. The molecule has 0 aromatic heterocycles. The van der Waals surface area contributed by atoms with Crippen LogP contribution in [0.1, 0.15) is 33.6 Å². The van der Waals surface area contributed by atoms with Crippen molar-refractivity contribution in [3.8, 4) is 0 Å². The van der Waals surface area contributed by atoms with Gasteiger partial charge in [-0.15, -0.1) is 0 Å². The average Bonchev–Trinajstić information content (AvgIpc) is 2.51. The van der Waals surface area contributed by atoms with Crippen LogP contribution in [0.2, 0.25) is 0 Å². The lowest BCUT2D eigenvalue weighted by molar-refractivity contribution is -0.159. The van der Waals surface area contributed by atoms with Gasteiger partial charge in [0, 0.05) is 6.61 Å². The molecule has 4 nitrogen and oxygen atoms in total. The third kappa shape index (κ3) is 3.27. The van der Waals surface area contributed by atoms with Gasteiger partial charge in [0.1, 0.15) is 11.6 Å². The molecule has 0 bridgehead atoms. The second kappa shape index (κ2) is 4.28. The lowest BCUT2D eigenvalue weighted by Crippen LogP contribution is -2.45. The van der Waals surface area contributed by atoms with Crippen LogP contribution in [0.4, 0.5) is 0 Å². The van der Waals surface area contributed by atoms with Crippen LogP contribution in [-0.2, 0) is 14.3 Å². The molecular formula is C10H19NO3. The molecule has 4 heteroatoms. The lowest BCUT2D eigenvalue weighted by atomic mass is 10.1. The molecular weight excluding hydrogens is 182 g/mol. The van der Waals surface area contributed by atoms with Crippen molar-refractivity contribution in [2.75, 3.05) is 6.61 Å². The monoisotopic (exact) mass is 201 g/mol. The number of ether oxygens (including phenoxy) is 2. The van der Waals surface area contributed by atoms with E-state index >= 15 is 0 Å². The predicted molar refractivity (Wildman–Crippen MR) is 52.8 cm³/mol. The Morgan fingerprint density at radius 2 is 2.21 bits per heavy atom. The van der Waals surface area contributed by atoms with Crippen LogP contribution in [0, 0.1) is 0 Å². The van der Waals surface area contributed by atoms with Gasteiger partial charge >= 0.3 is 5.97 Å². The fraction of sp³-hybridized carbons (Fsp3) is 0.900. The van der Waals surface area contributed by atoms with Gasteiger partial charge in [-0.05, 0) is 33.6 Å². The summed E-state index contributed by atoms with van der Waals surface area (Å²) >= 11 is 0. The lowest BCUT2D eigenvalue weighted by Gasteiger charge is -2.24. The maximum absolute atomic E-state index is 11.5. The quantitative estimate of drug-likeness (QED) is 0.672. The van der Waals surface area contributed by atoms with Crippen LogP contribution < -0.4 is 5.73 Å². The van der Waals surface area contributed by atoms with Crippen LogP contribution in [0.25, 0.3) is 0 Å². The summed E-state index contributed by atoms with van der Waals surface area (Å²) in [6, 6.07) is -0.642. The summed E-state index contributed by atoms with van der Waals surface area (Å²) < 4.78 is 10.5. The van der Waals surface area contributed by atoms with E-state index in [0.717, 1.165) is 12.8 Å². The molecule has 0 amide bonds. The number of hydrogen-bond donors (Lipinski definition) is 1. The van der Waals surface area contributed by atoms with Gasteiger partial charge in [-0.3, -0.25) is 4.79 Å². The smallest absolute Gasteiger partial charge is 0.326 e. The van der Waals surface area contributed by atoms with Crippen molar-refractivity contribution < 1.29 is 14.3 Å². The van der Waals surface area contributed by atoms with E-state index in [1.54, 1.807) is 0 Å². The summed E-state index contributed by atoms with van der Waals surface area (Å²) in [6.45, 7) is 6.18. The Hall–Kier alpha value is -0.610. The van der Waals surface area contributed by atoms with Gasteiger partial charge in [-0.1, -0.05) is 0 Å². The molecule has 1 heterocycles. The predicted octanol–water partition coefficient (Wildman–Crippen LogP) is 0.834. The Morgan fingerprint density at radius 3 is 2.64 bits per heavy atom. The van der Waals surface area contributed by atoms with Crippen LogP contribution in [-0.4, -0.2) is 30.3 Å². The van der Waals surface area contributed by atoms with Gasteiger partial charge in [-0.25, -0.2) is 0 Å². The highest BCUT2D eigenvalue weighted by molar-refractivity contribution is 5.76. The first-order valence-electron chi connectivity index (χ1n) is 5.00. The first-order chi connectivity index (χ1) is 6.40. The van der Waals surface area contributed by atoms with E-state index in [0.29, 0.717) is 6.61 Å². The van der Waals surface area contributed by atoms with Gasteiger partial charge in [0.2, 0.25) is 0 Å². The highest BCUT2D eigenvalue weighted by atomic mass is 16.6. The Labute approximate surface area is 84.7 Å². The molecule has 0 unspecified atom stereocenters. The number of nitrogens with two attached hydrogens (primary N) is 1. The zero-order chi connectivity index (χ0) is 10.8. The van der Waals surface area contributed by atoms with Crippen molar-refractivity contribution in [1.82, 2.24) is 0 Å². The third-order valence-electron chi connectivity index (χ3n) is 2.04. The summed E-state index contributed by atoms with van der Waals surface area (Å²) in [4.78, 5) is 11.5. The summed E-state index contributed by atoms with van der Waals surface area (Å²) in [5.74, 6) is -0.371. The minimum absolute atomic E-state index is 0.162. The first kappa shape index (κ1) is 11.5. The number of rotatable bonds is 2. The topological polar surface area (TPSA) is 61.5 Å². The molecule has 1 aliphatic heterocycles. The fourth-order valence-corrected chi connectivity index (χ4v) is 1.41. The summed E-state index contributed by atoms with van der Waals surface area (Å²) in [6.07, 6.45) is 1.66. The molecule has 2 N–H and O–H groups in total. The van der Waals surface area contributed by atoms with Crippen LogP contribution in [0.5, 0.6) is 0 Å². The number of carbonyl (C=O) groups excluding carboxylic acids is 1. The van der Waals surface area contributed by atoms with Gasteiger partial charge < -0.3 is 15.2 Å². The van der Waals surface area contributed by atoms with Crippen molar-refractivity contribution in [2.45, 2.75) is 51.4 Å². The molecule has 0 aliphatic carbocycles. The molecule has 0 aromatic carbocycles. The van der Waals surface area contributed by atoms with E-state index in [1.165, 1.54) is 0 Å². The van der Waals surface area contributed by atoms with Crippen molar-refractivity contribution >= 4 is 5.97 Å². The standard InChI is InChI=1S/C10H19NO3/c1-10(2,3)14-9(12)8(11)7-5-4-6-13-7/h7-8H,4-6,11H2,1-3H3/t7-,8-/m0/s1. The second-order valence-electron chi connectivity index (χ2n) is 4.61. The van der Waals surface area contributed by atoms with Crippen LogP contribution in [0.3, 0.4) is 0 Å². The van der Waals surface area contributed by atoms with Gasteiger partial charge in [-0.2, -0.15) is 0 Å². The van der Waals surface area contributed by atoms with E-state index in [1.807, 2.05) is 20.8 Å². The van der Waals surface area contributed by atoms with E-state index in [4.69, 9.17) is 15.2 Å². The molecule has 1 fully saturated rings. The SMILES string of the molecule is CC(C)(C)OC(=O)[C@@H](N)[C@@H]1CCCO1. The van der Waals surface area contributed by atoms with Crippen molar-refractivity contribution in [2.24, 2.45) is 5.73 Å². The minimum atomic E-state index is -0.642. The second-order valence-corrected chi connectivity index (χ2v) is 4.61. The molecule has 1 saturated heterocycles. The highest BCUT2D eigenvalue weighted by Gasteiger charge is 2.31. The summed E-state index contributed by atoms with van der Waals surface area (Å²) in [5.41, 5.74) is 5.25. The zero-order valence-corrected chi connectivity index (χ0v) is 9.08. The van der Waals surface area contributed by atoms with E-state index < -0.39 is 11.6 Å². The number of esters is 1. The molecule has 2 atom stereocenters. The zero-order valence-electron chi connectivity index (χ0n) is 9.08. The fourth-order valence-electron chi connectivity index (χ4n) is 1.41. The Kier molecular flexibility index (Phi) is 3.50. The Bertz CT molecular complexity index is 204. The molecule has 0 saturated carbocycles. The largest absolute Gasteiger partial charge is 0.459 e. The molecule has 0 radical (unpaired) electrons. The molecule has 1 rings (SSSR count). The van der Waals surface area contributed by atoms with Crippen molar-refractivity contribution in [1.29, 1.82) is 0 Å². The van der Waals surface area contributed by atoms with Crippen LogP contribution in [0.15, 0.2) is 0 Å². The number of carbonyl (C=O) groups is 1.